The third-order valence-electron chi connectivity index (χ3n) is 6.32. The molecule has 1 aromatic heterocycles. The van der Waals surface area contributed by atoms with Gasteiger partial charge in [0.1, 0.15) is 17.3 Å². The van der Waals surface area contributed by atoms with E-state index >= 15 is 0 Å². The summed E-state index contributed by atoms with van der Waals surface area (Å²) in [4.78, 5) is 21.5. The Bertz CT molecular complexity index is 872. The molecule has 0 saturated carbocycles. The summed E-state index contributed by atoms with van der Waals surface area (Å²) < 4.78 is 10.8. The second kappa shape index (κ2) is 9.45. The number of aromatic nitrogens is 1. The molecule has 7 nitrogen and oxygen atoms in total. The van der Waals surface area contributed by atoms with Crippen molar-refractivity contribution in [2.24, 2.45) is 5.92 Å². The lowest BCUT2D eigenvalue weighted by Crippen LogP contribution is -2.37. The number of amides is 1. The molecule has 7 heteroatoms. The van der Waals surface area contributed by atoms with E-state index in [1.54, 1.807) is 20.4 Å². The van der Waals surface area contributed by atoms with Crippen LogP contribution in [0.2, 0.25) is 0 Å². The Morgan fingerprint density at radius 2 is 1.74 bits per heavy atom. The van der Waals surface area contributed by atoms with Gasteiger partial charge in [0.05, 0.1) is 19.8 Å². The SMILES string of the molecule is COc1cc(OC)cc(N2CCC(Nc3ccc(C(=O)N4CCC(C)CC4)cn3)C2)c1. The number of carbonyl (C=O) groups is 1. The third kappa shape index (κ3) is 5.03. The average molecular weight is 425 g/mol. The summed E-state index contributed by atoms with van der Waals surface area (Å²) in [7, 11) is 3.33. The topological polar surface area (TPSA) is 66.9 Å². The van der Waals surface area contributed by atoms with Crippen LogP contribution >= 0.6 is 0 Å². The summed E-state index contributed by atoms with van der Waals surface area (Å²) in [5.74, 6) is 3.17. The maximum atomic E-state index is 12.7. The number of rotatable bonds is 6. The zero-order valence-corrected chi connectivity index (χ0v) is 18.6. The fourth-order valence-corrected chi connectivity index (χ4v) is 4.30. The van der Waals surface area contributed by atoms with E-state index in [-0.39, 0.29) is 11.9 Å². The quantitative estimate of drug-likeness (QED) is 0.763. The molecule has 1 amide bonds. The van der Waals surface area contributed by atoms with Crippen molar-refractivity contribution in [3.63, 3.8) is 0 Å². The van der Waals surface area contributed by atoms with E-state index in [0.29, 0.717) is 11.5 Å². The van der Waals surface area contributed by atoms with E-state index in [4.69, 9.17) is 9.47 Å². The normalized spacial score (nSPS) is 19.4. The van der Waals surface area contributed by atoms with Gasteiger partial charge in [0, 0.05) is 62.3 Å². The van der Waals surface area contributed by atoms with E-state index < -0.39 is 0 Å². The number of piperidine rings is 1. The Kier molecular flexibility index (Phi) is 6.49. The highest BCUT2D eigenvalue weighted by Crippen LogP contribution is 2.31. The number of likely N-dealkylation sites (tertiary alicyclic amines) is 1. The minimum absolute atomic E-state index is 0.0879. The number of hydrogen-bond acceptors (Lipinski definition) is 6. The summed E-state index contributed by atoms with van der Waals surface area (Å²) in [6, 6.07) is 10.0. The minimum atomic E-state index is 0.0879. The number of carbonyl (C=O) groups excluding carboxylic acids is 1. The Hall–Kier alpha value is -2.96. The van der Waals surface area contributed by atoms with Gasteiger partial charge >= 0.3 is 0 Å². The van der Waals surface area contributed by atoms with Crippen molar-refractivity contribution in [3.05, 3.63) is 42.1 Å². The summed E-state index contributed by atoms with van der Waals surface area (Å²) in [6.07, 6.45) is 4.86. The molecule has 1 atom stereocenters. The molecule has 166 valence electrons. The molecule has 31 heavy (non-hydrogen) atoms. The van der Waals surface area contributed by atoms with Gasteiger partial charge in [0.2, 0.25) is 0 Å². The zero-order valence-electron chi connectivity index (χ0n) is 18.6. The molecule has 2 saturated heterocycles. The Labute approximate surface area is 184 Å². The molecule has 2 aliphatic rings. The highest BCUT2D eigenvalue weighted by Gasteiger charge is 2.25. The van der Waals surface area contributed by atoms with Gasteiger partial charge in [-0.05, 0) is 37.3 Å². The van der Waals surface area contributed by atoms with Gasteiger partial charge in [-0.25, -0.2) is 4.98 Å². The molecule has 0 aliphatic carbocycles. The predicted octanol–water partition coefficient (Wildman–Crippen LogP) is 3.66. The first-order chi connectivity index (χ1) is 15.1. The Morgan fingerprint density at radius 3 is 2.35 bits per heavy atom. The maximum Gasteiger partial charge on any atom is 0.255 e. The molecular formula is C24H32N4O3. The van der Waals surface area contributed by atoms with Gasteiger partial charge in [0.15, 0.2) is 0 Å². The summed E-state index contributed by atoms with van der Waals surface area (Å²) >= 11 is 0. The molecule has 0 radical (unpaired) electrons. The van der Waals surface area contributed by atoms with Gasteiger partial charge in [-0.1, -0.05) is 6.92 Å². The van der Waals surface area contributed by atoms with Crippen LogP contribution in [-0.4, -0.2) is 62.2 Å². The number of methoxy groups -OCH3 is 2. The molecule has 0 spiro atoms. The molecule has 2 fully saturated rings. The van der Waals surface area contributed by atoms with Crippen molar-refractivity contribution < 1.29 is 14.3 Å². The number of nitrogens with zero attached hydrogens (tertiary/aromatic N) is 3. The summed E-state index contributed by atoms with van der Waals surface area (Å²) in [6.45, 7) is 5.74. The van der Waals surface area contributed by atoms with Gasteiger partial charge in [-0.2, -0.15) is 0 Å². The van der Waals surface area contributed by atoms with Gasteiger partial charge < -0.3 is 24.6 Å². The lowest BCUT2D eigenvalue weighted by atomic mass is 9.99. The van der Waals surface area contributed by atoms with Crippen LogP contribution in [0.15, 0.2) is 36.5 Å². The molecular weight excluding hydrogens is 392 g/mol. The number of anilines is 2. The Morgan fingerprint density at radius 1 is 1.03 bits per heavy atom. The first-order valence-corrected chi connectivity index (χ1v) is 11.1. The van der Waals surface area contributed by atoms with Crippen molar-refractivity contribution in [2.45, 2.75) is 32.2 Å². The second-order valence-electron chi connectivity index (χ2n) is 8.55. The first kappa shape index (κ1) is 21.3. The summed E-state index contributed by atoms with van der Waals surface area (Å²) in [5, 5.41) is 3.51. The average Bonchev–Trinajstić information content (AvgIpc) is 3.28. The van der Waals surface area contributed by atoms with E-state index in [1.165, 1.54) is 0 Å². The van der Waals surface area contributed by atoms with Crippen molar-refractivity contribution in [1.82, 2.24) is 9.88 Å². The van der Waals surface area contributed by atoms with Crippen LogP contribution in [0.4, 0.5) is 11.5 Å². The molecule has 1 N–H and O–H groups in total. The lowest BCUT2D eigenvalue weighted by Gasteiger charge is -2.30. The van der Waals surface area contributed by atoms with E-state index in [1.807, 2.05) is 35.2 Å². The minimum Gasteiger partial charge on any atom is -0.497 e. The van der Waals surface area contributed by atoms with Gasteiger partial charge in [0.25, 0.3) is 5.91 Å². The largest absolute Gasteiger partial charge is 0.497 e. The summed E-state index contributed by atoms with van der Waals surface area (Å²) in [5.41, 5.74) is 1.75. The monoisotopic (exact) mass is 424 g/mol. The first-order valence-electron chi connectivity index (χ1n) is 11.1. The second-order valence-corrected chi connectivity index (χ2v) is 8.55. The smallest absolute Gasteiger partial charge is 0.255 e. The fourth-order valence-electron chi connectivity index (χ4n) is 4.30. The highest BCUT2D eigenvalue weighted by molar-refractivity contribution is 5.94. The number of benzene rings is 1. The van der Waals surface area contributed by atoms with Crippen LogP contribution in [0, 0.1) is 5.92 Å². The fraction of sp³-hybridized carbons (Fsp3) is 0.500. The predicted molar refractivity (Wildman–Crippen MR) is 122 cm³/mol. The van der Waals surface area contributed by atoms with E-state index in [0.717, 1.165) is 68.4 Å². The maximum absolute atomic E-state index is 12.7. The third-order valence-corrected chi connectivity index (χ3v) is 6.32. The number of nitrogens with one attached hydrogen (secondary N) is 1. The molecule has 4 rings (SSSR count). The molecule has 2 aliphatic heterocycles. The number of hydrogen-bond donors (Lipinski definition) is 1. The van der Waals surface area contributed by atoms with Crippen molar-refractivity contribution in [3.8, 4) is 11.5 Å². The van der Waals surface area contributed by atoms with E-state index in [9.17, 15) is 4.79 Å². The van der Waals surface area contributed by atoms with Crippen LogP contribution in [0.1, 0.15) is 36.5 Å². The van der Waals surface area contributed by atoms with E-state index in [2.05, 4.69) is 22.1 Å². The van der Waals surface area contributed by atoms with Crippen molar-refractivity contribution >= 4 is 17.4 Å². The van der Waals surface area contributed by atoms with Crippen molar-refractivity contribution in [1.29, 1.82) is 0 Å². The molecule has 0 bridgehead atoms. The van der Waals surface area contributed by atoms with Crippen LogP contribution in [-0.2, 0) is 0 Å². The van der Waals surface area contributed by atoms with Gasteiger partial charge in [-0.3, -0.25) is 4.79 Å². The number of pyridine rings is 1. The molecule has 1 aromatic carbocycles. The molecule has 3 heterocycles. The molecule has 1 unspecified atom stereocenters. The lowest BCUT2D eigenvalue weighted by molar-refractivity contribution is 0.0697. The van der Waals surface area contributed by atoms with Crippen LogP contribution in [0.3, 0.4) is 0 Å². The van der Waals surface area contributed by atoms with Crippen LogP contribution in [0.5, 0.6) is 11.5 Å². The van der Waals surface area contributed by atoms with Crippen LogP contribution in [0.25, 0.3) is 0 Å². The van der Waals surface area contributed by atoms with Crippen LogP contribution < -0.4 is 19.7 Å². The standard InChI is InChI=1S/C24H32N4O3/c1-17-6-9-27(10-7-17)24(29)18-4-5-23(25-15-18)26-19-8-11-28(16-19)20-12-21(30-2)14-22(13-20)31-3/h4-5,12-15,17,19H,6-11,16H2,1-3H3,(H,25,26). The highest BCUT2D eigenvalue weighted by atomic mass is 16.5. The number of ether oxygens (including phenoxy) is 2. The molecule has 2 aromatic rings. The van der Waals surface area contributed by atoms with Crippen molar-refractivity contribution in [2.75, 3.05) is 50.6 Å². The Balaban J connectivity index is 1.35. The zero-order chi connectivity index (χ0) is 21.8. The van der Waals surface area contributed by atoms with Gasteiger partial charge in [-0.15, -0.1) is 0 Å².